The Morgan fingerprint density at radius 1 is 0.536 bits per heavy atom. The molecule has 0 bridgehead atoms. The predicted molar refractivity (Wildman–Crippen MR) is 293 cm³/mol. The molecule has 10 heteroatoms. The lowest BCUT2D eigenvalue weighted by Crippen LogP contribution is -2.47. The average Bonchev–Trinajstić information content (AvgIpc) is 3.31. The van der Waals surface area contributed by atoms with Gasteiger partial charge in [0.05, 0.1) is 33.8 Å². The Hall–Kier alpha value is -3.33. The van der Waals surface area contributed by atoms with E-state index in [-0.39, 0.29) is 25.4 Å². The molecule has 0 aliphatic rings. The maximum Gasteiger partial charge on any atom is 0.306 e. The normalized spacial score (nSPS) is 14.7. The molecule has 3 atom stereocenters. The zero-order valence-electron chi connectivity index (χ0n) is 44.7. The third-order valence-electron chi connectivity index (χ3n) is 11.4. The molecule has 3 unspecified atom stereocenters. The molecule has 0 saturated carbocycles. The largest absolute Gasteiger partial charge is 0.756 e. The number of likely N-dealkylation sites (N-methyl/N-ethyl adjacent to an activating group) is 1. The van der Waals surface area contributed by atoms with E-state index in [0.29, 0.717) is 23.9 Å². The quantitative estimate of drug-likeness (QED) is 0.0161. The summed E-state index contributed by atoms with van der Waals surface area (Å²) in [5.41, 5.74) is 0. The molecular formula is C59H101N2O7P. The molecule has 0 spiro atoms. The second kappa shape index (κ2) is 48.3. The van der Waals surface area contributed by atoms with Gasteiger partial charge in [0, 0.05) is 12.8 Å². The number of hydrogen-bond acceptors (Lipinski definition) is 7. The summed E-state index contributed by atoms with van der Waals surface area (Å²) >= 11 is 0. The minimum Gasteiger partial charge on any atom is -0.756 e. The summed E-state index contributed by atoms with van der Waals surface area (Å²) in [6, 6.07) is -0.943. The maximum atomic E-state index is 13.4. The highest BCUT2D eigenvalue weighted by atomic mass is 31.2. The van der Waals surface area contributed by atoms with E-state index in [1.165, 1.54) is 96.3 Å². The SMILES string of the molecule is CC\C=C/C=C/C=C/C=C\C=C\C=C\CCCCCC(=O)OC(/C=C/CCCCCCCCCCCCC)C(COP(=O)([O-])OCC[N+](C)(C)C)NC(=O)CC/C=C/C/C=C\CCCCCCCC. The standard InChI is InChI=1S/C59H101N2O7P/c1-7-10-13-16-19-22-25-28-29-30-31-34-37-40-43-46-49-52-59(63)68-57(50-47-44-41-38-35-32-26-23-20-17-14-11-8-2)56(55-67-69(64,65)66-54-53-61(4,5)6)60-58(62)51-48-45-42-39-36-33-27-24-21-18-15-12-9-3/h10,13,16,19,22,25,28-31,33-34,36-37,42,45,47,50,56-57H,7-9,11-12,14-15,17-18,20-21,23-24,26-27,32,35,38-41,43-44,46,48-49,51-55H2,1-6H3,(H-,60,62,64,65)/b13-10-,19-16+,25-22+,29-28-,31-30+,36-33-,37-34+,45-42+,50-47+. The van der Waals surface area contributed by atoms with Crippen molar-refractivity contribution in [1.29, 1.82) is 0 Å². The number of nitrogens with zero attached hydrogens (tertiary/aromatic N) is 1. The molecule has 0 radical (unpaired) electrons. The van der Waals surface area contributed by atoms with E-state index >= 15 is 0 Å². The molecule has 0 aliphatic heterocycles. The summed E-state index contributed by atoms with van der Waals surface area (Å²) < 4.78 is 30.1. The molecule has 69 heavy (non-hydrogen) atoms. The van der Waals surface area contributed by atoms with Gasteiger partial charge in [-0.2, -0.15) is 0 Å². The van der Waals surface area contributed by atoms with E-state index < -0.39 is 32.5 Å². The van der Waals surface area contributed by atoms with Gasteiger partial charge in [0.2, 0.25) is 5.91 Å². The van der Waals surface area contributed by atoms with Crippen LogP contribution in [-0.4, -0.2) is 69.4 Å². The van der Waals surface area contributed by atoms with Gasteiger partial charge in [-0.25, -0.2) is 0 Å². The smallest absolute Gasteiger partial charge is 0.306 e. The van der Waals surface area contributed by atoms with E-state index in [1.807, 2.05) is 94.1 Å². The Labute approximate surface area is 423 Å². The zero-order chi connectivity index (χ0) is 50.8. The molecule has 1 N–H and O–H groups in total. The third kappa shape index (κ3) is 49.4. The van der Waals surface area contributed by atoms with Crippen LogP contribution in [0.4, 0.5) is 0 Å². The van der Waals surface area contributed by atoms with Crippen LogP contribution in [0.25, 0.3) is 0 Å². The number of rotatable bonds is 47. The lowest BCUT2D eigenvalue weighted by Gasteiger charge is -2.30. The summed E-state index contributed by atoms with van der Waals surface area (Å²) in [4.78, 5) is 39.7. The van der Waals surface area contributed by atoms with Gasteiger partial charge >= 0.3 is 5.97 Å². The van der Waals surface area contributed by atoms with Gasteiger partial charge < -0.3 is 28.5 Å². The lowest BCUT2D eigenvalue weighted by molar-refractivity contribution is -0.870. The highest BCUT2D eigenvalue weighted by Gasteiger charge is 2.27. The second-order valence-corrected chi connectivity index (χ2v) is 20.6. The monoisotopic (exact) mass is 981 g/mol. The Morgan fingerprint density at radius 3 is 1.54 bits per heavy atom. The first-order valence-electron chi connectivity index (χ1n) is 27.3. The van der Waals surface area contributed by atoms with Crippen molar-refractivity contribution in [3.63, 3.8) is 0 Å². The van der Waals surface area contributed by atoms with E-state index in [2.05, 4.69) is 56.5 Å². The Morgan fingerprint density at radius 2 is 1.00 bits per heavy atom. The van der Waals surface area contributed by atoms with Crippen LogP contribution in [0.15, 0.2) is 109 Å². The van der Waals surface area contributed by atoms with Crippen LogP contribution in [0.5, 0.6) is 0 Å². The summed E-state index contributed by atoms with van der Waals surface area (Å²) in [7, 11) is 1.11. The van der Waals surface area contributed by atoms with Crippen LogP contribution in [0.2, 0.25) is 0 Å². The molecule has 394 valence electrons. The van der Waals surface area contributed by atoms with Gasteiger partial charge in [-0.3, -0.25) is 14.2 Å². The van der Waals surface area contributed by atoms with Gasteiger partial charge in [-0.05, 0) is 70.3 Å². The summed E-state index contributed by atoms with van der Waals surface area (Å²) in [5.74, 6) is -0.680. The zero-order valence-corrected chi connectivity index (χ0v) is 45.6. The van der Waals surface area contributed by atoms with E-state index in [4.69, 9.17) is 13.8 Å². The number of hydrogen-bond donors (Lipinski definition) is 1. The fourth-order valence-corrected chi connectivity index (χ4v) is 7.85. The van der Waals surface area contributed by atoms with Crippen molar-refractivity contribution in [2.45, 2.75) is 213 Å². The molecule has 0 saturated heterocycles. The molecule has 0 aromatic rings. The van der Waals surface area contributed by atoms with Crippen molar-refractivity contribution in [3.8, 4) is 0 Å². The van der Waals surface area contributed by atoms with Crippen molar-refractivity contribution in [2.75, 3.05) is 40.9 Å². The highest BCUT2D eigenvalue weighted by Crippen LogP contribution is 2.38. The van der Waals surface area contributed by atoms with Gasteiger partial charge in [0.25, 0.3) is 7.82 Å². The number of quaternary nitrogens is 1. The van der Waals surface area contributed by atoms with Crippen LogP contribution in [-0.2, 0) is 27.9 Å². The minimum absolute atomic E-state index is 0.0449. The Kier molecular flexibility index (Phi) is 46.0. The Bertz CT molecular complexity index is 1550. The van der Waals surface area contributed by atoms with Gasteiger partial charge in [-0.15, -0.1) is 0 Å². The highest BCUT2D eigenvalue weighted by molar-refractivity contribution is 7.45. The van der Waals surface area contributed by atoms with E-state index in [0.717, 1.165) is 57.8 Å². The first-order chi connectivity index (χ1) is 33.4. The fourth-order valence-electron chi connectivity index (χ4n) is 7.13. The molecule has 0 aliphatic carbocycles. The third-order valence-corrected chi connectivity index (χ3v) is 12.3. The first kappa shape index (κ1) is 65.7. The predicted octanol–water partition coefficient (Wildman–Crippen LogP) is 15.6. The number of ether oxygens (including phenoxy) is 1. The number of carbonyl (C=O) groups excluding carboxylic acids is 2. The number of allylic oxidation sites excluding steroid dienone is 17. The molecule has 0 rings (SSSR count). The first-order valence-corrected chi connectivity index (χ1v) is 28.7. The number of phosphoric ester groups is 1. The summed E-state index contributed by atoms with van der Waals surface area (Å²) in [5, 5.41) is 2.96. The number of phosphoric acid groups is 1. The lowest BCUT2D eigenvalue weighted by atomic mass is 10.0. The van der Waals surface area contributed by atoms with Crippen LogP contribution in [0.1, 0.15) is 201 Å². The van der Waals surface area contributed by atoms with Crippen molar-refractivity contribution < 1.29 is 37.3 Å². The van der Waals surface area contributed by atoms with Gasteiger partial charge in [0.1, 0.15) is 19.3 Å². The number of carbonyl (C=O) groups is 2. The molecule has 1 amide bonds. The fraction of sp³-hybridized carbons (Fsp3) is 0.661. The van der Waals surface area contributed by atoms with Crippen LogP contribution in [0, 0.1) is 0 Å². The molecule has 0 fully saturated rings. The van der Waals surface area contributed by atoms with Crippen LogP contribution in [0.3, 0.4) is 0 Å². The number of nitrogens with one attached hydrogen (secondary N) is 1. The molecule has 0 aromatic carbocycles. The van der Waals surface area contributed by atoms with Crippen LogP contribution >= 0.6 is 7.82 Å². The average molecular weight is 981 g/mol. The number of unbranched alkanes of at least 4 members (excludes halogenated alkanes) is 20. The topological polar surface area (TPSA) is 114 Å². The number of esters is 1. The second-order valence-electron chi connectivity index (χ2n) is 19.1. The van der Waals surface area contributed by atoms with Gasteiger partial charge in [0.15, 0.2) is 0 Å². The van der Waals surface area contributed by atoms with Crippen molar-refractivity contribution in [3.05, 3.63) is 109 Å². The van der Waals surface area contributed by atoms with E-state index in [1.54, 1.807) is 6.08 Å². The van der Waals surface area contributed by atoms with Gasteiger partial charge in [-0.1, -0.05) is 227 Å². The summed E-state index contributed by atoms with van der Waals surface area (Å²) in [6.45, 7) is 6.58. The molecule has 0 aromatic heterocycles. The van der Waals surface area contributed by atoms with Crippen molar-refractivity contribution in [2.24, 2.45) is 0 Å². The van der Waals surface area contributed by atoms with Crippen molar-refractivity contribution in [1.82, 2.24) is 5.32 Å². The van der Waals surface area contributed by atoms with Crippen molar-refractivity contribution >= 4 is 19.7 Å². The Balaban J connectivity index is 5.60. The number of amides is 1. The molecule has 9 nitrogen and oxygen atoms in total. The molecular weight excluding hydrogens is 880 g/mol. The maximum absolute atomic E-state index is 13.4. The molecule has 0 heterocycles. The minimum atomic E-state index is -4.72. The summed E-state index contributed by atoms with van der Waals surface area (Å²) in [6.07, 6.45) is 65.0. The van der Waals surface area contributed by atoms with Crippen LogP contribution < -0.4 is 10.2 Å². The van der Waals surface area contributed by atoms with E-state index in [9.17, 15) is 19.0 Å².